The van der Waals surface area contributed by atoms with Gasteiger partial charge in [0.25, 0.3) is 0 Å². The molecule has 0 aromatic carbocycles. The van der Waals surface area contributed by atoms with Crippen molar-refractivity contribution in [2.24, 2.45) is 0 Å². The van der Waals surface area contributed by atoms with E-state index in [1.165, 1.54) is 14.0 Å². The Morgan fingerprint density at radius 1 is 1.44 bits per heavy atom. The molecular formula is C9H17NO6. The first-order chi connectivity index (χ1) is 7.51. The molecule has 0 bridgehead atoms. The minimum atomic E-state index is -1.27. The molecule has 1 fully saturated rings. The van der Waals surface area contributed by atoms with E-state index >= 15 is 0 Å². The molecule has 0 aliphatic carbocycles. The number of carbonyl (C=O) groups is 1. The molecule has 94 valence electrons. The van der Waals surface area contributed by atoms with Crippen molar-refractivity contribution in [3.8, 4) is 0 Å². The second-order valence-electron chi connectivity index (χ2n) is 3.67. The fourth-order valence-electron chi connectivity index (χ4n) is 1.67. The zero-order valence-electron chi connectivity index (χ0n) is 9.16. The maximum absolute atomic E-state index is 10.9. The van der Waals surface area contributed by atoms with Crippen LogP contribution in [0.25, 0.3) is 0 Å². The lowest BCUT2D eigenvalue weighted by molar-refractivity contribution is -0.262. The van der Waals surface area contributed by atoms with E-state index in [1.807, 2.05) is 0 Å². The summed E-state index contributed by atoms with van der Waals surface area (Å²) in [7, 11) is 1.35. The Balaban J connectivity index is 2.77. The van der Waals surface area contributed by atoms with Gasteiger partial charge in [0.05, 0.1) is 6.61 Å². The largest absolute Gasteiger partial charge is 0.394 e. The second-order valence-corrected chi connectivity index (χ2v) is 3.67. The van der Waals surface area contributed by atoms with Gasteiger partial charge in [-0.3, -0.25) is 4.79 Å². The summed E-state index contributed by atoms with van der Waals surface area (Å²) in [5.74, 6) is -0.371. The number of aliphatic hydroxyl groups excluding tert-OH is 3. The van der Waals surface area contributed by atoms with E-state index in [1.54, 1.807) is 0 Å². The summed E-state index contributed by atoms with van der Waals surface area (Å²) in [4.78, 5) is 10.9. The van der Waals surface area contributed by atoms with E-state index in [-0.39, 0.29) is 5.91 Å². The lowest BCUT2D eigenvalue weighted by Gasteiger charge is -2.41. The van der Waals surface area contributed by atoms with Gasteiger partial charge in [-0.15, -0.1) is 0 Å². The molecule has 0 unspecified atom stereocenters. The Labute approximate surface area is 93.0 Å². The standard InChI is InChI=1S/C9H17NO6/c1-4(12)10-6-8(14)7(13)5(3-11)16-9(6)15-2/h5-9,11,13-14H,3H2,1-2H3,(H,10,12)/t5-,6+,7-,8-,9-/m1/s1/i9+1. The summed E-state index contributed by atoms with van der Waals surface area (Å²) in [5.41, 5.74) is 0. The highest BCUT2D eigenvalue weighted by atomic mass is 16.8. The van der Waals surface area contributed by atoms with Crippen molar-refractivity contribution < 1.29 is 29.6 Å². The molecule has 1 aliphatic heterocycles. The summed E-state index contributed by atoms with van der Waals surface area (Å²) in [5, 5.41) is 30.7. The highest BCUT2D eigenvalue weighted by Gasteiger charge is 2.44. The van der Waals surface area contributed by atoms with E-state index in [9.17, 15) is 15.0 Å². The van der Waals surface area contributed by atoms with Gasteiger partial charge in [-0.1, -0.05) is 0 Å². The zero-order chi connectivity index (χ0) is 12.3. The number of hydrogen-bond acceptors (Lipinski definition) is 6. The predicted molar refractivity (Wildman–Crippen MR) is 52.4 cm³/mol. The molecule has 1 aliphatic rings. The van der Waals surface area contributed by atoms with Crippen molar-refractivity contribution in [2.45, 2.75) is 37.6 Å². The third-order valence-corrected chi connectivity index (χ3v) is 2.48. The van der Waals surface area contributed by atoms with Crippen molar-refractivity contribution in [3.63, 3.8) is 0 Å². The summed E-state index contributed by atoms with van der Waals surface area (Å²) in [6.45, 7) is 0.842. The van der Waals surface area contributed by atoms with Crippen LogP contribution in [0.3, 0.4) is 0 Å². The Morgan fingerprint density at radius 2 is 2.06 bits per heavy atom. The number of hydrogen-bond donors (Lipinski definition) is 4. The number of carbonyl (C=O) groups excluding carboxylic acids is 1. The molecule has 7 nitrogen and oxygen atoms in total. The maximum atomic E-state index is 10.9. The predicted octanol–water partition coefficient (Wildman–Crippen LogP) is -2.42. The molecule has 5 atom stereocenters. The van der Waals surface area contributed by atoms with Gasteiger partial charge < -0.3 is 30.1 Å². The lowest BCUT2D eigenvalue weighted by Crippen LogP contribution is -2.64. The van der Waals surface area contributed by atoms with Crippen LogP contribution in [0.1, 0.15) is 6.92 Å². The van der Waals surface area contributed by atoms with Crippen LogP contribution in [0, 0.1) is 0 Å². The molecule has 1 saturated heterocycles. The molecule has 0 saturated carbocycles. The van der Waals surface area contributed by atoms with Crippen molar-refractivity contribution in [1.82, 2.24) is 5.32 Å². The normalized spacial score (nSPS) is 39.4. The number of nitrogens with one attached hydrogen (secondary N) is 1. The Hall–Kier alpha value is -0.730. The van der Waals surface area contributed by atoms with Crippen molar-refractivity contribution >= 4 is 5.91 Å². The number of rotatable bonds is 3. The molecule has 1 heterocycles. The third-order valence-electron chi connectivity index (χ3n) is 2.48. The van der Waals surface area contributed by atoms with E-state index in [0.29, 0.717) is 0 Å². The molecule has 0 spiro atoms. The van der Waals surface area contributed by atoms with Gasteiger partial charge in [-0.25, -0.2) is 0 Å². The van der Waals surface area contributed by atoms with Gasteiger partial charge in [0.15, 0.2) is 6.29 Å². The smallest absolute Gasteiger partial charge is 0.217 e. The van der Waals surface area contributed by atoms with E-state index < -0.39 is 37.3 Å². The minimum absolute atomic E-state index is 0.371. The Morgan fingerprint density at radius 3 is 2.50 bits per heavy atom. The quantitative estimate of drug-likeness (QED) is 0.406. The summed E-state index contributed by atoms with van der Waals surface area (Å²) in [6.07, 6.45) is -4.35. The van der Waals surface area contributed by atoms with Crippen LogP contribution in [0.5, 0.6) is 0 Å². The first-order valence-corrected chi connectivity index (χ1v) is 4.93. The van der Waals surface area contributed by atoms with Crippen molar-refractivity contribution in [1.29, 1.82) is 0 Å². The average molecular weight is 236 g/mol. The van der Waals surface area contributed by atoms with E-state index in [0.717, 1.165) is 0 Å². The van der Waals surface area contributed by atoms with Crippen LogP contribution in [-0.4, -0.2) is 65.6 Å². The monoisotopic (exact) mass is 236 g/mol. The van der Waals surface area contributed by atoms with Crippen LogP contribution in [0.2, 0.25) is 0 Å². The highest BCUT2D eigenvalue weighted by molar-refractivity contribution is 5.73. The first kappa shape index (κ1) is 13.3. The Bertz CT molecular complexity index is 246. The molecule has 0 aromatic rings. The molecule has 16 heavy (non-hydrogen) atoms. The lowest BCUT2D eigenvalue weighted by atomic mass is 10.0. The van der Waals surface area contributed by atoms with Crippen LogP contribution in [-0.2, 0) is 14.3 Å². The zero-order valence-corrected chi connectivity index (χ0v) is 9.16. The minimum Gasteiger partial charge on any atom is -0.394 e. The van der Waals surface area contributed by atoms with Crippen molar-refractivity contribution in [2.75, 3.05) is 13.7 Å². The molecule has 0 radical (unpaired) electrons. The number of aliphatic hydroxyl groups is 3. The van der Waals surface area contributed by atoms with Gasteiger partial charge in [0.2, 0.25) is 5.91 Å². The summed E-state index contributed by atoms with van der Waals surface area (Å²) in [6, 6.07) is -0.861. The molecule has 1 rings (SSSR count). The maximum Gasteiger partial charge on any atom is 0.217 e. The summed E-state index contributed by atoms with van der Waals surface area (Å²) < 4.78 is 10.1. The second kappa shape index (κ2) is 5.55. The van der Waals surface area contributed by atoms with Gasteiger partial charge in [0.1, 0.15) is 24.4 Å². The van der Waals surface area contributed by atoms with E-state index in [4.69, 9.17) is 14.6 Å². The summed E-state index contributed by atoms with van der Waals surface area (Å²) >= 11 is 0. The van der Waals surface area contributed by atoms with Crippen LogP contribution >= 0.6 is 0 Å². The topological polar surface area (TPSA) is 108 Å². The Kier molecular flexibility index (Phi) is 4.63. The fraction of sp³-hybridized carbons (Fsp3) is 0.889. The number of amides is 1. The average Bonchev–Trinajstić information content (AvgIpc) is 2.25. The van der Waals surface area contributed by atoms with Gasteiger partial charge in [0, 0.05) is 14.0 Å². The highest BCUT2D eigenvalue weighted by Crippen LogP contribution is 2.21. The van der Waals surface area contributed by atoms with Gasteiger partial charge in [-0.05, 0) is 0 Å². The third kappa shape index (κ3) is 2.69. The van der Waals surface area contributed by atoms with Crippen LogP contribution in [0.4, 0.5) is 0 Å². The molecule has 1 amide bonds. The molecule has 7 heteroatoms. The molecule has 4 N–H and O–H groups in total. The van der Waals surface area contributed by atoms with Crippen LogP contribution < -0.4 is 5.32 Å². The van der Waals surface area contributed by atoms with Crippen molar-refractivity contribution in [3.05, 3.63) is 0 Å². The fourth-order valence-corrected chi connectivity index (χ4v) is 1.67. The first-order valence-electron chi connectivity index (χ1n) is 4.93. The molecule has 0 aromatic heterocycles. The van der Waals surface area contributed by atoms with Crippen LogP contribution in [0.15, 0.2) is 0 Å². The SMILES string of the molecule is CO[13C@@H]1O[C@H](CO)[C@@H](O)[C@H](O)[C@@H]1NC(C)=O. The number of methoxy groups -OCH3 is 1. The van der Waals surface area contributed by atoms with E-state index in [2.05, 4.69) is 5.32 Å². The van der Waals surface area contributed by atoms with Gasteiger partial charge >= 0.3 is 0 Å². The molecular weight excluding hydrogens is 219 g/mol. The number of ether oxygens (including phenoxy) is 2. The van der Waals surface area contributed by atoms with Gasteiger partial charge in [-0.2, -0.15) is 0 Å².